The third-order valence-electron chi connectivity index (χ3n) is 4.79. The molecule has 25 heavy (non-hydrogen) atoms. The zero-order chi connectivity index (χ0) is 18.8. The summed E-state index contributed by atoms with van der Waals surface area (Å²) in [6.07, 6.45) is 10.0. The van der Waals surface area contributed by atoms with Gasteiger partial charge in [0.05, 0.1) is 6.10 Å². The van der Waals surface area contributed by atoms with Crippen molar-refractivity contribution in [2.75, 3.05) is 0 Å². The van der Waals surface area contributed by atoms with E-state index in [-0.39, 0.29) is 17.5 Å². The van der Waals surface area contributed by atoms with Crippen LogP contribution in [0.25, 0.3) is 0 Å². The Bertz CT molecular complexity index is 601. The van der Waals surface area contributed by atoms with E-state index in [9.17, 15) is 9.59 Å². The van der Waals surface area contributed by atoms with Crippen LogP contribution in [0.4, 0.5) is 0 Å². The van der Waals surface area contributed by atoms with Crippen LogP contribution in [0, 0.1) is 20.8 Å². The molecule has 0 fully saturated rings. The van der Waals surface area contributed by atoms with Gasteiger partial charge in [-0.2, -0.15) is 0 Å². The Balaban J connectivity index is 2.12. The molecule has 1 unspecified atom stereocenters. The molecule has 0 saturated heterocycles. The van der Waals surface area contributed by atoms with E-state index < -0.39 is 0 Å². The highest BCUT2D eigenvalue weighted by molar-refractivity contribution is 5.66. The molecule has 142 valence electrons. The number of esters is 1. The lowest BCUT2D eigenvalue weighted by Gasteiger charge is -2.11. The monoisotopic (exact) mass is 350 g/mol. The third kappa shape index (κ3) is 7.89. The molecule has 0 saturated carbocycles. The Morgan fingerprint density at radius 1 is 0.960 bits per heavy atom. The number of rotatable bonds is 11. The van der Waals surface area contributed by atoms with E-state index in [0.29, 0.717) is 0 Å². The highest BCUT2D eigenvalue weighted by Crippen LogP contribution is 2.15. The summed E-state index contributed by atoms with van der Waals surface area (Å²) in [6.45, 7) is 8.97. The summed E-state index contributed by atoms with van der Waals surface area (Å²) in [4.78, 5) is 22.9. The van der Waals surface area contributed by atoms with Crippen LogP contribution in [0.1, 0.15) is 87.9 Å². The second-order valence-electron chi connectivity index (χ2n) is 7.09. The van der Waals surface area contributed by atoms with Gasteiger partial charge >= 0.3 is 5.97 Å². The minimum atomic E-state index is -0.192. The van der Waals surface area contributed by atoms with Gasteiger partial charge in [-0.3, -0.25) is 9.59 Å². The van der Waals surface area contributed by atoms with Gasteiger partial charge in [0.1, 0.15) is 11.5 Å². The van der Waals surface area contributed by atoms with Crippen molar-refractivity contribution in [3.8, 4) is 0 Å². The first kappa shape index (κ1) is 21.5. The molecule has 1 rings (SSSR count). The third-order valence-corrected chi connectivity index (χ3v) is 4.79. The Labute approximate surface area is 152 Å². The van der Waals surface area contributed by atoms with Crippen LogP contribution < -0.4 is 5.43 Å². The minimum absolute atomic E-state index is 0.0355. The van der Waals surface area contributed by atoms with Crippen molar-refractivity contribution in [2.24, 2.45) is 0 Å². The smallest absolute Gasteiger partial charge is 0.302 e. The summed E-state index contributed by atoms with van der Waals surface area (Å²) >= 11 is 0. The van der Waals surface area contributed by atoms with Gasteiger partial charge in [0.15, 0.2) is 5.43 Å². The maximum absolute atomic E-state index is 12.1. The van der Waals surface area contributed by atoms with Crippen LogP contribution in [0.15, 0.2) is 9.21 Å². The topological polar surface area (TPSA) is 56.5 Å². The quantitative estimate of drug-likeness (QED) is 0.407. The highest BCUT2D eigenvalue weighted by atomic mass is 16.5. The van der Waals surface area contributed by atoms with Crippen LogP contribution in [0.3, 0.4) is 0 Å². The van der Waals surface area contributed by atoms with Crippen LogP contribution in [-0.2, 0) is 16.0 Å². The maximum Gasteiger partial charge on any atom is 0.302 e. The van der Waals surface area contributed by atoms with E-state index >= 15 is 0 Å². The highest BCUT2D eigenvalue weighted by Gasteiger charge is 2.10. The zero-order valence-corrected chi connectivity index (χ0v) is 16.6. The van der Waals surface area contributed by atoms with Crippen LogP contribution >= 0.6 is 0 Å². The van der Waals surface area contributed by atoms with Crippen LogP contribution in [-0.4, -0.2) is 12.1 Å². The molecule has 0 bridgehead atoms. The number of carbonyl (C=O) groups is 1. The molecule has 0 radical (unpaired) electrons. The van der Waals surface area contributed by atoms with Crippen molar-refractivity contribution >= 4 is 5.97 Å². The number of hydrogen-bond acceptors (Lipinski definition) is 4. The standard InChI is InChI=1S/C21H34O4/c1-15(24-19(5)22)13-11-9-7-6-8-10-12-14-20-17(3)21(23)16(2)18(4)25-20/h15H,6-14H2,1-5H3. The van der Waals surface area contributed by atoms with Crippen LogP contribution in [0.5, 0.6) is 0 Å². The lowest BCUT2D eigenvalue weighted by molar-refractivity contribution is -0.145. The number of hydrogen-bond donors (Lipinski definition) is 0. The number of aryl methyl sites for hydroxylation is 2. The normalized spacial score (nSPS) is 12.2. The molecule has 4 nitrogen and oxygen atoms in total. The molecule has 1 atom stereocenters. The average Bonchev–Trinajstić information content (AvgIpc) is 2.55. The van der Waals surface area contributed by atoms with Gasteiger partial charge in [0, 0.05) is 24.5 Å². The average molecular weight is 350 g/mol. The van der Waals surface area contributed by atoms with Gasteiger partial charge < -0.3 is 9.15 Å². The first-order valence-electron chi connectivity index (χ1n) is 9.60. The zero-order valence-electron chi connectivity index (χ0n) is 16.6. The van der Waals surface area contributed by atoms with Crippen LogP contribution in [0.2, 0.25) is 0 Å². The molecule has 1 aromatic rings. The Kier molecular flexibility index (Phi) is 9.54. The van der Waals surface area contributed by atoms with E-state index in [1.165, 1.54) is 39.0 Å². The van der Waals surface area contributed by atoms with Crippen molar-refractivity contribution in [2.45, 2.75) is 98.5 Å². The second-order valence-corrected chi connectivity index (χ2v) is 7.09. The summed E-state index contributed by atoms with van der Waals surface area (Å²) in [5, 5.41) is 0. The van der Waals surface area contributed by atoms with Gasteiger partial charge in [0.2, 0.25) is 0 Å². The van der Waals surface area contributed by atoms with Crippen molar-refractivity contribution in [3.05, 3.63) is 32.9 Å². The Hall–Kier alpha value is -1.58. The first-order valence-corrected chi connectivity index (χ1v) is 9.60. The van der Waals surface area contributed by atoms with Gasteiger partial charge in [-0.15, -0.1) is 0 Å². The molecule has 1 heterocycles. The number of unbranched alkanes of at least 4 members (excludes halogenated alkanes) is 6. The van der Waals surface area contributed by atoms with E-state index in [1.54, 1.807) is 0 Å². The fourth-order valence-electron chi connectivity index (χ4n) is 3.09. The summed E-state index contributed by atoms with van der Waals surface area (Å²) in [6, 6.07) is 0. The molecule has 0 aliphatic rings. The van der Waals surface area contributed by atoms with Gasteiger partial charge in [-0.1, -0.05) is 32.1 Å². The van der Waals surface area contributed by atoms with Gasteiger partial charge in [0.25, 0.3) is 0 Å². The molecule has 4 heteroatoms. The van der Waals surface area contributed by atoms with E-state index in [1.807, 2.05) is 27.7 Å². The molecule has 0 N–H and O–H groups in total. The Morgan fingerprint density at radius 2 is 1.52 bits per heavy atom. The molecule has 0 aliphatic carbocycles. The molecule has 0 aromatic carbocycles. The number of ether oxygens (including phenoxy) is 1. The molecular formula is C21H34O4. The van der Waals surface area contributed by atoms with Crippen molar-refractivity contribution in [1.82, 2.24) is 0 Å². The lowest BCUT2D eigenvalue weighted by Crippen LogP contribution is -2.13. The van der Waals surface area contributed by atoms with Gasteiger partial charge in [-0.25, -0.2) is 0 Å². The van der Waals surface area contributed by atoms with Crippen molar-refractivity contribution < 1.29 is 13.9 Å². The predicted octanol–water partition coefficient (Wildman–Crippen LogP) is 5.18. The predicted molar refractivity (Wildman–Crippen MR) is 101 cm³/mol. The first-order chi connectivity index (χ1) is 11.8. The molecule has 1 aromatic heterocycles. The van der Waals surface area contributed by atoms with Crippen molar-refractivity contribution in [3.63, 3.8) is 0 Å². The molecular weight excluding hydrogens is 316 g/mol. The molecule has 0 amide bonds. The molecule has 0 spiro atoms. The summed E-state index contributed by atoms with van der Waals surface area (Å²) in [7, 11) is 0. The number of carbonyl (C=O) groups excluding carboxylic acids is 1. The lowest BCUT2D eigenvalue weighted by atomic mass is 10.0. The van der Waals surface area contributed by atoms with Gasteiger partial charge in [-0.05, 0) is 47.0 Å². The fourth-order valence-corrected chi connectivity index (χ4v) is 3.09. The summed E-state index contributed by atoms with van der Waals surface area (Å²) < 4.78 is 10.9. The van der Waals surface area contributed by atoms with E-state index in [4.69, 9.17) is 9.15 Å². The fraction of sp³-hybridized carbons (Fsp3) is 0.714. The second kappa shape index (κ2) is 11.1. The van der Waals surface area contributed by atoms with E-state index in [0.717, 1.165) is 48.3 Å². The largest absolute Gasteiger partial charge is 0.466 e. The molecule has 0 aliphatic heterocycles. The SMILES string of the molecule is CC(=O)OC(C)CCCCCCCCCc1oc(C)c(C)c(=O)c1C. The minimum Gasteiger partial charge on any atom is -0.466 e. The van der Waals surface area contributed by atoms with E-state index in [2.05, 4.69) is 0 Å². The maximum atomic E-state index is 12.1. The summed E-state index contributed by atoms with van der Waals surface area (Å²) in [5.41, 5.74) is 1.62. The Morgan fingerprint density at radius 3 is 2.12 bits per heavy atom. The summed E-state index contributed by atoms with van der Waals surface area (Å²) in [5.74, 6) is 1.41. The van der Waals surface area contributed by atoms with Crippen molar-refractivity contribution in [1.29, 1.82) is 0 Å².